The Morgan fingerprint density at radius 1 is 1.31 bits per heavy atom. The number of nitrogens with zero attached hydrogens (tertiary/aromatic N) is 3. The zero-order valence-corrected chi connectivity index (χ0v) is 16.8. The van der Waals surface area contributed by atoms with E-state index < -0.39 is 9.84 Å². The molecule has 0 amide bonds. The first-order valence-corrected chi connectivity index (χ1v) is 11.0. The number of fused-ring (bicyclic) bond motifs is 1. The SMILES string of the molecule is CC1CCCN(C(C)(C)CNc2ncnc3ccc(S(C)(=O)=O)cc23)C1. The minimum Gasteiger partial charge on any atom is -0.368 e. The van der Waals surface area contributed by atoms with Crippen molar-refractivity contribution in [3.63, 3.8) is 0 Å². The van der Waals surface area contributed by atoms with E-state index in [2.05, 4.69) is 41.0 Å². The van der Waals surface area contributed by atoms with Crippen LogP contribution < -0.4 is 5.32 Å². The Morgan fingerprint density at radius 2 is 2.08 bits per heavy atom. The van der Waals surface area contributed by atoms with Crippen molar-refractivity contribution >= 4 is 26.6 Å². The van der Waals surface area contributed by atoms with Crippen molar-refractivity contribution in [1.82, 2.24) is 14.9 Å². The van der Waals surface area contributed by atoms with Crippen LogP contribution in [0.2, 0.25) is 0 Å². The highest BCUT2D eigenvalue weighted by molar-refractivity contribution is 7.90. The monoisotopic (exact) mass is 376 g/mol. The number of nitrogens with one attached hydrogen (secondary N) is 1. The molecular weight excluding hydrogens is 348 g/mol. The molecule has 1 aliphatic rings. The zero-order valence-electron chi connectivity index (χ0n) is 16.0. The summed E-state index contributed by atoms with van der Waals surface area (Å²) in [5.74, 6) is 1.40. The molecule has 26 heavy (non-hydrogen) atoms. The number of rotatable bonds is 5. The Balaban J connectivity index is 1.84. The normalized spacial score (nSPS) is 19.6. The molecule has 7 heteroatoms. The van der Waals surface area contributed by atoms with E-state index in [1.807, 2.05) is 0 Å². The van der Waals surface area contributed by atoms with Gasteiger partial charge in [0.2, 0.25) is 0 Å². The molecular formula is C19H28N4O2S. The Morgan fingerprint density at radius 3 is 2.77 bits per heavy atom. The molecule has 6 nitrogen and oxygen atoms in total. The minimum absolute atomic E-state index is 0.0135. The minimum atomic E-state index is -3.27. The summed E-state index contributed by atoms with van der Waals surface area (Å²) in [5, 5.41) is 4.17. The predicted octanol–water partition coefficient (Wildman–Crippen LogP) is 2.96. The first-order chi connectivity index (χ1) is 12.2. The van der Waals surface area contributed by atoms with Gasteiger partial charge in [-0.15, -0.1) is 0 Å². The number of sulfone groups is 1. The van der Waals surface area contributed by atoms with Gasteiger partial charge in [0.1, 0.15) is 12.1 Å². The molecule has 1 fully saturated rings. The van der Waals surface area contributed by atoms with Crippen LogP contribution in [0, 0.1) is 5.92 Å². The maximum Gasteiger partial charge on any atom is 0.175 e. The fourth-order valence-corrected chi connectivity index (χ4v) is 4.21. The number of benzene rings is 1. The van der Waals surface area contributed by atoms with Crippen LogP contribution in [0.1, 0.15) is 33.6 Å². The van der Waals surface area contributed by atoms with Gasteiger partial charge in [0.25, 0.3) is 0 Å². The smallest absolute Gasteiger partial charge is 0.175 e. The molecule has 142 valence electrons. The molecule has 1 aromatic heterocycles. The lowest BCUT2D eigenvalue weighted by molar-refractivity contribution is 0.0800. The molecule has 1 aromatic carbocycles. The van der Waals surface area contributed by atoms with E-state index in [0.717, 1.165) is 36.5 Å². The molecule has 0 aliphatic carbocycles. The predicted molar refractivity (Wildman–Crippen MR) is 105 cm³/mol. The second kappa shape index (κ2) is 7.12. The van der Waals surface area contributed by atoms with Crippen molar-refractivity contribution in [1.29, 1.82) is 0 Å². The van der Waals surface area contributed by atoms with Gasteiger partial charge in [0.15, 0.2) is 9.84 Å². The highest BCUT2D eigenvalue weighted by Crippen LogP contribution is 2.26. The molecule has 2 aromatic rings. The standard InChI is InChI=1S/C19H28N4O2S/c1-14-6-5-9-23(11-14)19(2,3)12-20-18-16-10-15(26(4,24)25)7-8-17(16)21-13-22-18/h7-8,10,13-14H,5-6,9,11-12H2,1-4H3,(H,20,21,22). The molecule has 0 radical (unpaired) electrons. The zero-order chi connectivity index (χ0) is 18.9. The van der Waals surface area contributed by atoms with Gasteiger partial charge in [-0.3, -0.25) is 4.90 Å². The van der Waals surface area contributed by atoms with Crippen molar-refractivity contribution < 1.29 is 8.42 Å². The summed E-state index contributed by atoms with van der Waals surface area (Å²) >= 11 is 0. The second-order valence-electron chi connectivity index (χ2n) is 8.03. The van der Waals surface area contributed by atoms with Crippen LogP contribution in [-0.2, 0) is 9.84 Å². The van der Waals surface area contributed by atoms with Crippen molar-refractivity contribution in [2.75, 3.05) is 31.2 Å². The van der Waals surface area contributed by atoms with E-state index in [1.165, 1.54) is 25.4 Å². The number of hydrogen-bond donors (Lipinski definition) is 1. The third kappa shape index (κ3) is 4.15. The fraction of sp³-hybridized carbons (Fsp3) is 0.579. The summed E-state index contributed by atoms with van der Waals surface area (Å²) in [4.78, 5) is 11.4. The number of anilines is 1. The van der Waals surface area contributed by atoms with Gasteiger partial charge in [0, 0.05) is 30.3 Å². The van der Waals surface area contributed by atoms with E-state index in [9.17, 15) is 8.42 Å². The van der Waals surface area contributed by atoms with E-state index in [4.69, 9.17) is 0 Å². The summed E-state index contributed by atoms with van der Waals surface area (Å²) in [6.45, 7) is 9.74. The summed E-state index contributed by atoms with van der Waals surface area (Å²) in [6.07, 6.45) is 5.26. The van der Waals surface area contributed by atoms with Gasteiger partial charge in [-0.05, 0) is 57.4 Å². The summed E-state index contributed by atoms with van der Waals surface area (Å²) in [6, 6.07) is 4.98. The topological polar surface area (TPSA) is 75.2 Å². The third-order valence-electron chi connectivity index (χ3n) is 5.24. The van der Waals surface area contributed by atoms with Gasteiger partial charge < -0.3 is 5.32 Å². The molecule has 1 aliphatic heterocycles. The van der Waals surface area contributed by atoms with Crippen molar-refractivity contribution in [2.45, 2.75) is 44.0 Å². The molecule has 1 N–H and O–H groups in total. The van der Waals surface area contributed by atoms with E-state index in [1.54, 1.807) is 18.2 Å². The molecule has 0 spiro atoms. The number of likely N-dealkylation sites (tertiary alicyclic amines) is 1. The lowest BCUT2D eigenvalue weighted by Crippen LogP contribution is -2.52. The Kier molecular flexibility index (Phi) is 5.21. The molecule has 1 unspecified atom stereocenters. The lowest BCUT2D eigenvalue weighted by Gasteiger charge is -2.43. The number of hydrogen-bond acceptors (Lipinski definition) is 6. The van der Waals surface area contributed by atoms with E-state index in [0.29, 0.717) is 5.82 Å². The lowest BCUT2D eigenvalue weighted by atomic mass is 9.93. The maximum atomic E-state index is 11.9. The fourth-order valence-electron chi connectivity index (χ4n) is 3.56. The van der Waals surface area contributed by atoms with Crippen molar-refractivity contribution in [3.8, 4) is 0 Å². The first kappa shape index (κ1) is 19.0. The molecule has 3 rings (SSSR count). The van der Waals surface area contributed by atoms with Gasteiger partial charge in [-0.1, -0.05) is 6.92 Å². The average molecular weight is 377 g/mol. The summed E-state index contributed by atoms with van der Waals surface area (Å²) in [5.41, 5.74) is 0.722. The third-order valence-corrected chi connectivity index (χ3v) is 6.35. The quantitative estimate of drug-likeness (QED) is 0.865. The Bertz CT molecular complexity index is 896. The van der Waals surface area contributed by atoms with Crippen LogP contribution in [0.25, 0.3) is 10.9 Å². The van der Waals surface area contributed by atoms with Crippen LogP contribution in [0.5, 0.6) is 0 Å². The van der Waals surface area contributed by atoms with Crippen LogP contribution >= 0.6 is 0 Å². The molecule has 1 saturated heterocycles. The van der Waals surface area contributed by atoms with Gasteiger partial charge in [-0.2, -0.15) is 0 Å². The van der Waals surface area contributed by atoms with Crippen LogP contribution in [0.3, 0.4) is 0 Å². The highest BCUT2D eigenvalue weighted by Gasteiger charge is 2.30. The Hall–Kier alpha value is -1.73. The van der Waals surface area contributed by atoms with Gasteiger partial charge in [-0.25, -0.2) is 18.4 Å². The van der Waals surface area contributed by atoms with Gasteiger partial charge >= 0.3 is 0 Å². The largest absolute Gasteiger partial charge is 0.368 e. The van der Waals surface area contributed by atoms with E-state index >= 15 is 0 Å². The molecule has 0 saturated carbocycles. The van der Waals surface area contributed by atoms with Crippen molar-refractivity contribution in [2.24, 2.45) is 5.92 Å². The second-order valence-corrected chi connectivity index (χ2v) is 10.0. The number of piperidine rings is 1. The molecule has 0 bridgehead atoms. The highest BCUT2D eigenvalue weighted by atomic mass is 32.2. The molecule has 1 atom stereocenters. The average Bonchev–Trinajstić information content (AvgIpc) is 2.58. The molecule has 2 heterocycles. The number of aromatic nitrogens is 2. The summed E-state index contributed by atoms with van der Waals surface area (Å²) in [7, 11) is -3.27. The summed E-state index contributed by atoms with van der Waals surface area (Å²) < 4.78 is 23.7. The maximum absolute atomic E-state index is 11.9. The van der Waals surface area contributed by atoms with Crippen LogP contribution in [0.15, 0.2) is 29.4 Å². The van der Waals surface area contributed by atoms with Crippen LogP contribution in [-0.4, -0.2) is 54.7 Å². The van der Waals surface area contributed by atoms with Crippen molar-refractivity contribution in [3.05, 3.63) is 24.5 Å². The first-order valence-electron chi connectivity index (χ1n) is 9.10. The Labute approximate surface area is 155 Å². The van der Waals surface area contributed by atoms with Crippen LogP contribution in [0.4, 0.5) is 5.82 Å². The van der Waals surface area contributed by atoms with Gasteiger partial charge in [0.05, 0.1) is 10.4 Å². The van der Waals surface area contributed by atoms with E-state index in [-0.39, 0.29) is 10.4 Å².